The van der Waals surface area contributed by atoms with E-state index in [-0.39, 0.29) is 18.6 Å². The number of aliphatic hydroxyl groups is 1. The third-order valence-corrected chi connectivity index (χ3v) is 3.53. The highest BCUT2D eigenvalue weighted by Gasteiger charge is 2.47. The standard InChI is InChI=1S/C12H13NO4/c14-11-10-8-4-2-1-3-7(8)6-17-9(10)5-13(11)12(15)16/h1-4,9-11,14H,5-6H2,(H,15,16). The van der Waals surface area contributed by atoms with E-state index in [2.05, 4.69) is 0 Å². The van der Waals surface area contributed by atoms with E-state index < -0.39 is 12.3 Å². The second-order valence-electron chi connectivity index (χ2n) is 4.42. The summed E-state index contributed by atoms with van der Waals surface area (Å²) in [6.07, 6.45) is -2.36. The SMILES string of the molecule is O=C(O)N1CC2OCc3ccccc3C2C1O. The monoisotopic (exact) mass is 235 g/mol. The molecule has 5 heteroatoms. The number of aliphatic hydroxyl groups excluding tert-OH is 1. The molecule has 0 aliphatic carbocycles. The molecule has 2 heterocycles. The van der Waals surface area contributed by atoms with Gasteiger partial charge in [-0.05, 0) is 11.1 Å². The quantitative estimate of drug-likeness (QED) is 0.703. The topological polar surface area (TPSA) is 70.0 Å². The van der Waals surface area contributed by atoms with Crippen LogP contribution in [-0.4, -0.2) is 40.1 Å². The zero-order valence-electron chi connectivity index (χ0n) is 9.11. The Kier molecular flexibility index (Phi) is 2.31. The van der Waals surface area contributed by atoms with Gasteiger partial charge in [0.2, 0.25) is 0 Å². The molecule has 0 aromatic heterocycles. The van der Waals surface area contributed by atoms with Gasteiger partial charge in [-0.15, -0.1) is 0 Å². The minimum Gasteiger partial charge on any atom is -0.465 e. The lowest BCUT2D eigenvalue weighted by Gasteiger charge is -2.29. The van der Waals surface area contributed by atoms with Gasteiger partial charge in [0.05, 0.1) is 25.2 Å². The molecule has 3 rings (SSSR count). The summed E-state index contributed by atoms with van der Waals surface area (Å²) in [5.74, 6) is -0.268. The Morgan fingerprint density at radius 1 is 1.41 bits per heavy atom. The van der Waals surface area contributed by atoms with E-state index in [0.29, 0.717) is 6.61 Å². The Morgan fingerprint density at radius 3 is 2.94 bits per heavy atom. The number of ether oxygens (including phenoxy) is 1. The molecule has 0 bridgehead atoms. The molecule has 17 heavy (non-hydrogen) atoms. The molecule has 3 atom stereocenters. The molecule has 90 valence electrons. The first kappa shape index (κ1) is 10.6. The van der Waals surface area contributed by atoms with E-state index >= 15 is 0 Å². The first-order valence-electron chi connectivity index (χ1n) is 5.55. The van der Waals surface area contributed by atoms with Crippen LogP contribution in [0.1, 0.15) is 17.0 Å². The molecule has 1 saturated heterocycles. The summed E-state index contributed by atoms with van der Waals surface area (Å²) < 4.78 is 5.61. The number of nitrogens with zero attached hydrogens (tertiary/aromatic N) is 1. The number of carbonyl (C=O) groups is 1. The largest absolute Gasteiger partial charge is 0.465 e. The van der Waals surface area contributed by atoms with E-state index in [9.17, 15) is 9.90 Å². The molecule has 2 N–H and O–H groups in total. The average Bonchev–Trinajstić information content (AvgIpc) is 2.67. The fourth-order valence-electron chi connectivity index (χ4n) is 2.70. The predicted molar refractivity (Wildman–Crippen MR) is 58.5 cm³/mol. The fourth-order valence-corrected chi connectivity index (χ4v) is 2.70. The molecular formula is C12H13NO4. The number of amides is 1. The normalized spacial score (nSPS) is 30.9. The van der Waals surface area contributed by atoms with E-state index in [4.69, 9.17) is 9.84 Å². The molecular weight excluding hydrogens is 222 g/mol. The summed E-state index contributed by atoms with van der Waals surface area (Å²) in [5, 5.41) is 19.1. The molecule has 1 aromatic rings. The molecule has 0 radical (unpaired) electrons. The number of rotatable bonds is 0. The second kappa shape index (κ2) is 3.72. The Labute approximate surface area is 98.2 Å². The van der Waals surface area contributed by atoms with E-state index in [0.717, 1.165) is 16.0 Å². The molecule has 0 saturated carbocycles. The Bertz CT molecular complexity index is 462. The minimum atomic E-state index is -1.10. The molecule has 5 nitrogen and oxygen atoms in total. The van der Waals surface area contributed by atoms with Crippen molar-refractivity contribution in [3.05, 3.63) is 35.4 Å². The van der Waals surface area contributed by atoms with Gasteiger partial charge in [0.15, 0.2) is 0 Å². The van der Waals surface area contributed by atoms with Crippen LogP contribution in [0.2, 0.25) is 0 Å². The number of benzene rings is 1. The van der Waals surface area contributed by atoms with E-state index in [1.54, 1.807) is 0 Å². The molecule has 2 aliphatic heterocycles. The van der Waals surface area contributed by atoms with Gasteiger partial charge in [-0.25, -0.2) is 4.79 Å². The third-order valence-electron chi connectivity index (χ3n) is 3.53. The van der Waals surface area contributed by atoms with Gasteiger partial charge in [-0.3, -0.25) is 4.90 Å². The van der Waals surface area contributed by atoms with Crippen molar-refractivity contribution in [1.29, 1.82) is 0 Å². The molecule has 1 aromatic carbocycles. The van der Waals surface area contributed by atoms with Crippen LogP contribution in [0.15, 0.2) is 24.3 Å². The van der Waals surface area contributed by atoms with Crippen molar-refractivity contribution in [3.8, 4) is 0 Å². The van der Waals surface area contributed by atoms with Crippen molar-refractivity contribution in [2.45, 2.75) is 24.9 Å². The smallest absolute Gasteiger partial charge is 0.409 e. The average molecular weight is 235 g/mol. The number of fused-ring (bicyclic) bond motifs is 3. The van der Waals surface area contributed by atoms with E-state index in [1.807, 2.05) is 24.3 Å². The predicted octanol–water partition coefficient (Wildman–Crippen LogP) is 0.981. The van der Waals surface area contributed by atoms with Crippen LogP contribution in [0.3, 0.4) is 0 Å². The Hall–Kier alpha value is -1.59. The zero-order valence-corrected chi connectivity index (χ0v) is 9.11. The van der Waals surface area contributed by atoms with Crippen molar-refractivity contribution < 1.29 is 19.7 Å². The zero-order chi connectivity index (χ0) is 12.0. The highest BCUT2D eigenvalue weighted by atomic mass is 16.5. The maximum atomic E-state index is 11.0. The number of hydrogen-bond donors (Lipinski definition) is 2. The summed E-state index contributed by atoms with van der Waals surface area (Å²) in [6.45, 7) is 0.715. The van der Waals surface area contributed by atoms with Gasteiger partial charge in [-0.1, -0.05) is 24.3 Å². The van der Waals surface area contributed by atoms with Crippen molar-refractivity contribution in [2.24, 2.45) is 0 Å². The number of hydrogen-bond acceptors (Lipinski definition) is 3. The van der Waals surface area contributed by atoms with Gasteiger partial charge in [0.25, 0.3) is 0 Å². The second-order valence-corrected chi connectivity index (χ2v) is 4.42. The maximum Gasteiger partial charge on any atom is 0.409 e. The van der Waals surface area contributed by atoms with Gasteiger partial charge >= 0.3 is 6.09 Å². The van der Waals surface area contributed by atoms with E-state index in [1.165, 1.54) is 0 Å². The van der Waals surface area contributed by atoms with Crippen molar-refractivity contribution >= 4 is 6.09 Å². The van der Waals surface area contributed by atoms with Crippen molar-refractivity contribution in [1.82, 2.24) is 4.90 Å². The first-order chi connectivity index (χ1) is 8.18. The van der Waals surface area contributed by atoms with Crippen LogP contribution in [0.5, 0.6) is 0 Å². The van der Waals surface area contributed by atoms with Crippen LogP contribution in [-0.2, 0) is 11.3 Å². The summed E-state index contributed by atoms with van der Waals surface area (Å²) in [4.78, 5) is 12.0. The Balaban J connectivity index is 2.00. The number of likely N-dealkylation sites (tertiary alicyclic amines) is 1. The maximum absolute atomic E-state index is 11.0. The van der Waals surface area contributed by atoms with Crippen molar-refractivity contribution in [2.75, 3.05) is 6.54 Å². The van der Waals surface area contributed by atoms with Crippen LogP contribution in [0.4, 0.5) is 4.79 Å². The third kappa shape index (κ3) is 1.50. The minimum absolute atomic E-state index is 0.232. The van der Waals surface area contributed by atoms with Crippen molar-refractivity contribution in [3.63, 3.8) is 0 Å². The Morgan fingerprint density at radius 2 is 2.18 bits per heavy atom. The summed E-state index contributed by atoms with van der Waals surface area (Å²) in [5.41, 5.74) is 2.03. The molecule has 2 aliphatic rings. The van der Waals surface area contributed by atoms with Crippen LogP contribution < -0.4 is 0 Å². The summed E-state index contributed by atoms with van der Waals surface area (Å²) in [7, 11) is 0. The van der Waals surface area contributed by atoms with Gasteiger partial charge in [-0.2, -0.15) is 0 Å². The lowest BCUT2D eigenvalue weighted by Crippen LogP contribution is -2.36. The highest BCUT2D eigenvalue weighted by Crippen LogP contribution is 2.39. The van der Waals surface area contributed by atoms with Crippen LogP contribution >= 0.6 is 0 Å². The fraction of sp³-hybridized carbons (Fsp3) is 0.417. The molecule has 1 amide bonds. The molecule has 0 spiro atoms. The first-order valence-corrected chi connectivity index (χ1v) is 5.55. The lowest BCUT2D eigenvalue weighted by molar-refractivity contribution is 0.00373. The lowest BCUT2D eigenvalue weighted by atomic mass is 9.89. The van der Waals surface area contributed by atoms with Gasteiger partial charge < -0.3 is 14.9 Å². The highest BCUT2D eigenvalue weighted by molar-refractivity contribution is 5.66. The van der Waals surface area contributed by atoms with Crippen LogP contribution in [0.25, 0.3) is 0 Å². The molecule has 1 fully saturated rings. The van der Waals surface area contributed by atoms with Crippen LogP contribution in [0, 0.1) is 0 Å². The summed E-state index contributed by atoms with van der Waals surface area (Å²) >= 11 is 0. The molecule has 3 unspecified atom stereocenters. The van der Waals surface area contributed by atoms with Gasteiger partial charge in [0.1, 0.15) is 6.23 Å². The summed E-state index contributed by atoms with van der Waals surface area (Å²) in [6, 6.07) is 7.70. The van der Waals surface area contributed by atoms with Gasteiger partial charge in [0, 0.05) is 0 Å². The number of carboxylic acid groups (broad SMARTS) is 1.